The third kappa shape index (κ3) is 2.55. The molecule has 1 aromatic carbocycles. The molecule has 0 N–H and O–H groups in total. The lowest BCUT2D eigenvalue weighted by molar-refractivity contribution is -0.0591. The minimum atomic E-state index is -4.51. The van der Waals surface area contributed by atoms with E-state index < -0.39 is 17.7 Å². The van der Waals surface area contributed by atoms with Crippen molar-refractivity contribution in [1.82, 2.24) is 0 Å². The van der Waals surface area contributed by atoms with Gasteiger partial charge < -0.3 is 0 Å². The van der Waals surface area contributed by atoms with Gasteiger partial charge >= 0.3 is 6.18 Å². The highest BCUT2D eigenvalue weighted by Crippen LogP contribution is 2.22. The molecule has 1 nitrogen and oxygen atoms in total. The van der Waals surface area contributed by atoms with Crippen molar-refractivity contribution in [3.05, 3.63) is 30.1 Å². The minimum absolute atomic E-state index is 0.303. The average molecular weight is 205 g/mol. The molecule has 0 amide bonds. The first-order chi connectivity index (χ1) is 6.41. The Balaban J connectivity index is 3.04. The Bertz CT molecular complexity index is 354. The molecule has 0 fully saturated rings. The summed E-state index contributed by atoms with van der Waals surface area (Å²) in [6.45, 7) is 0.798. The predicted molar refractivity (Wildman–Crippen MR) is 45.2 cm³/mol. The summed E-state index contributed by atoms with van der Waals surface area (Å²) in [6.07, 6.45) is -4.51. The molecule has 0 aromatic heterocycles. The zero-order chi connectivity index (χ0) is 10.8. The molecule has 0 spiro atoms. The summed E-state index contributed by atoms with van der Waals surface area (Å²) in [6, 6.07) is 5.05. The Morgan fingerprint density at radius 2 is 1.79 bits per heavy atom. The largest absolute Gasteiger partial charge is 0.429 e. The Morgan fingerprint density at radius 3 is 2.29 bits per heavy atom. The van der Waals surface area contributed by atoms with Gasteiger partial charge in [-0.2, -0.15) is 13.2 Å². The van der Waals surface area contributed by atoms with Gasteiger partial charge in [0, 0.05) is 0 Å². The van der Waals surface area contributed by atoms with Gasteiger partial charge in [0.15, 0.2) is 0 Å². The summed E-state index contributed by atoms with van der Waals surface area (Å²) in [5.74, 6) is -0.768. The van der Waals surface area contributed by atoms with E-state index in [9.17, 15) is 17.6 Å². The SMILES string of the molecule is C/C(=N\c1ccccc1F)C(F)(F)F. The molecule has 5 heteroatoms. The van der Waals surface area contributed by atoms with Crippen LogP contribution in [-0.2, 0) is 0 Å². The predicted octanol–water partition coefficient (Wildman–Crippen LogP) is 3.48. The number of hydrogen-bond donors (Lipinski definition) is 0. The van der Waals surface area contributed by atoms with Crippen LogP contribution in [0.1, 0.15) is 6.92 Å². The van der Waals surface area contributed by atoms with Gasteiger partial charge in [0.25, 0.3) is 0 Å². The summed E-state index contributed by atoms with van der Waals surface area (Å²) in [5.41, 5.74) is -1.37. The van der Waals surface area contributed by atoms with E-state index in [4.69, 9.17) is 0 Å². The van der Waals surface area contributed by atoms with Crippen LogP contribution in [0, 0.1) is 5.82 Å². The molecule has 0 aliphatic rings. The number of aliphatic imine (C=N–C) groups is 1. The minimum Gasteiger partial charge on any atom is -0.246 e. The van der Waals surface area contributed by atoms with E-state index in [0.717, 1.165) is 13.0 Å². The van der Waals surface area contributed by atoms with Gasteiger partial charge in [-0.05, 0) is 19.1 Å². The van der Waals surface area contributed by atoms with Crippen molar-refractivity contribution in [2.75, 3.05) is 0 Å². The van der Waals surface area contributed by atoms with E-state index >= 15 is 0 Å². The first-order valence-corrected chi connectivity index (χ1v) is 3.78. The van der Waals surface area contributed by atoms with Crippen LogP contribution in [-0.4, -0.2) is 11.9 Å². The maximum absolute atomic E-state index is 12.9. The van der Waals surface area contributed by atoms with Gasteiger partial charge in [-0.3, -0.25) is 0 Å². The second-order valence-corrected chi connectivity index (χ2v) is 2.65. The fourth-order valence-corrected chi connectivity index (χ4v) is 0.786. The standard InChI is InChI=1S/C9H7F4N/c1-6(9(11,12)13)14-8-5-3-2-4-7(8)10/h2-5H,1H3/b14-6+. The van der Waals surface area contributed by atoms with E-state index in [-0.39, 0.29) is 5.69 Å². The van der Waals surface area contributed by atoms with Gasteiger partial charge in [-0.15, -0.1) is 0 Å². The second kappa shape index (κ2) is 3.77. The third-order valence-corrected chi connectivity index (χ3v) is 1.55. The maximum atomic E-state index is 12.9. The molecule has 1 aromatic rings. The lowest BCUT2D eigenvalue weighted by Crippen LogP contribution is -2.18. The molecule has 0 aliphatic carbocycles. The Hall–Kier alpha value is -1.39. The van der Waals surface area contributed by atoms with Crippen molar-refractivity contribution >= 4 is 11.4 Å². The second-order valence-electron chi connectivity index (χ2n) is 2.65. The van der Waals surface area contributed by atoms with Gasteiger partial charge in [-0.1, -0.05) is 12.1 Å². The number of halogens is 4. The number of nitrogens with zero attached hydrogens (tertiary/aromatic N) is 1. The van der Waals surface area contributed by atoms with Crippen molar-refractivity contribution in [1.29, 1.82) is 0 Å². The van der Waals surface area contributed by atoms with E-state index in [1.807, 2.05) is 0 Å². The molecule has 0 atom stereocenters. The highest BCUT2D eigenvalue weighted by Gasteiger charge is 2.32. The molecule has 0 saturated heterocycles. The number of rotatable bonds is 1. The summed E-state index contributed by atoms with van der Waals surface area (Å²) >= 11 is 0. The molecule has 0 heterocycles. The lowest BCUT2D eigenvalue weighted by atomic mass is 10.3. The van der Waals surface area contributed by atoms with Crippen molar-refractivity contribution < 1.29 is 17.6 Å². The Kier molecular flexibility index (Phi) is 2.88. The first kappa shape index (κ1) is 10.7. The lowest BCUT2D eigenvalue weighted by Gasteiger charge is -2.05. The zero-order valence-corrected chi connectivity index (χ0v) is 7.27. The normalized spacial score (nSPS) is 13.1. The van der Waals surface area contributed by atoms with E-state index in [1.165, 1.54) is 18.2 Å². The van der Waals surface area contributed by atoms with E-state index in [1.54, 1.807) is 0 Å². The van der Waals surface area contributed by atoms with Crippen molar-refractivity contribution in [2.45, 2.75) is 13.1 Å². The van der Waals surface area contributed by atoms with Crippen LogP contribution in [0.5, 0.6) is 0 Å². The fourth-order valence-electron chi connectivity index (χ4n) is 0.786. The Labute approximate surface area is 78.1 Å². The van der Waals surface area contributed by atoms with E-state index in [2.05, 4.69) is 4.99 Å². The number of para-hydroxylation sites is 1. The number of alkyl halides is 3. The molecule has 76 valence electrons. The van der Waals surface area contributed by atoms with Crippen LogP contribution >= 0.6 is 0 Å². The number of benzene rings is 1. The number of hydrogen-bond acceptors (Lipinski definition) is 1. The summed E-state index contributed by atoms with van der Waals surface area (Å²) in [5, 5.41) is 0. The molecule has 14 heavy (non-hydrogen) atoms. The highest BCUT2D eigenvalue weighted by molar-refractivity contribution is 5.89. The van der Waals surface area contributed by atoms with Crippen LogP contribution in [0.15, 0.2) is 29.3 Å². The third-order valence-electron chi connectivity index (χ3n) is 1.55. The topological polar surface area (TPSA) is 12.4 Å². The van der Waals surface area contributed by atoms with Crippen molar-refractivity contribution in [3.63, 3.8) is 0 Å². The van der Waals surface area contributed by atoms with E-state index in [0.29, 0.717) is 0 Å². The van der Waals surface area contributed by atoms with Crippen LogP contribution in [0.3, 0.4) is 0 Å². The molecule has 0 unspecified atom stereocenters. The van der Waals surface area contributed by atoms with Crippen LogP contribution in [0.4, 0.5) is 23.2 Å². The summed E-state index contributed by atoms with van der Waals surface area (Å²) in [4.78, 5) is 3.15. The summed E-state index contributed by atoms with van der Waals surface area (Å²) in [7, 11) is 0. The smallest absolute Gasteiger partial charge is 0.246 e. The molecule has 0 saturated carbocycles. The summed E-state index contributed by atoms with van der Waals surface area (Å²) < 4.78 is 48.9. The Morgan fingerprint density at radius 1 is 1.21 bits per heavy atom. The molecule has 1 rings (SSSR count). The highest BCUT2D eigenvalue weighted by atomic mass is 19.4. The van der Waals surface area contributed by atoms with Crippen molar-refractivity contribution in [2.24, 2.45) is 4.99 Å². The van der Waals surface area contributed by atoms with Crippen molar-refractivity contribution in [3.8, 4) is 0 Å². The zero-order valence-electron chi connectivity index (χ0n) is 7.27. The molecular weight excluding hydrogens is 198 g/mol. The van der Waals surface area contributed by atoms with Gasteiger partial charge in [-0.25, -0.2) is 9.38 Å². The average Bonchev–Trinajstić information content (AvgIpc) is 2.07. The maximum Gasteiger partial charge on any atom is 0.429 e. The van der Waals surface area contributed by atoms with Gasteiger partial charge in [0.1, 0.15) is 11.5 Å². The molecular formula is C9H7F4N. The quantitative estimate of drug-likeness (QED) is 0.491. The van der Waals surface area contributed by atoms with Gasteiger partial charge in [0.2, 0.25) is 0 Å². The van der Waals surface area contributed by atoms with Crippen LogP contribution in [0.2, 0.25) is 0 Å². The fraction of sp³-hybridized carbons (Fsp3) is 0.222. The molecule has 0 radical (unpaired) electrons. The molecule has 0 aliphatic heterocycles. The monoisotopic (exact) mass is 205 g/mol. The van der Waals surface area contributed by atoms with Crippen LogP contribution in [0.25, 0.3) is 0 Å². The van der Waals surface area contributed by atoms with Gasteiger partial charge in [0.05, 0.1) is 5.69 Å². The van der Waals surface area contributed by atoms with Crippen LogP contribution < -0.4 is 0 Å². The first-order valence-electron chi connectivity index (χ1n) is 3.78. The molecule has 0 bridgehead atoms.